The molecule has 0 aliphatic heterocycles. The number of hydrogen-bond acceptors (Lipinski definition) is 4. The van der Waals surface area contributed by atoms with Crippen LogP contribution >= 0.6 is 0 Å². The van der Waals surface area contributed by atoms with Crippen molar-refractivity contribution in [3.8, 4) is 0 Å². The molecule has 0 atom stereocenters. The van der Waals surface area contributed by atoms with E-state index in [1.807, 2.05) is 5.32 Å². The van der Waals surface area contributed by atoms with Crippen LogP contribution in [0.3, 0.4) is 0 Å². The summed E-state index contributed by atoms with van der Waals surface area (Å²) >= 11 is 0. The predicted molar refractivity (Wildman–Crippen MR) is 102 cm³/mol. The third-order valence-electron chi connectivity index (χ3n) is 3.72. The van der Waals surface area contributed by atoms with Crippen LogP contribution in [0.15, 0.2) is 42.5 Å². The zero-order chi connectivity index (χ0) is 22.3. The normalized spacial score (nSPS) is 10.8. The Morgan fingerprint density at radius 3 is 2.27 bits per heavy atom. The number of urea groups is 1. The summed E-state index contributed by atoms with van der Waals surface area (Å²) in [6, 6.07) is 6.68. The highest BCUT2D eigenvalue weighted by Crippen LogP contribution is 2.36. The van der Waals surface area contributed by atoms with Gasteiger partial charge in [0.2, 0.25) is 5.91 Å². The average molecular weight is 426 g/mol. The number of amides is 4. The Morgan fingerprint density at radius 2 is 1.67 bits per heavy atom. The number of nitrogens with one attached hydrogen (secondary N) is 4. The minimum absolute atomic E-state index is 0.0641. The van der Waals surface area contributed by atoms with Crippen molar-refractivity contribution in [1.82, 2.24) is 10.6 Å². The van der Waals surface area contributed by atoms with E-state index in [1.165, 1.54) is 18.2 Å². The Bertz CT molecular complexity index is 930. The van der Waals surface area contributed by atoms with E-state index in [-0.39, 0.29) is 17.8 Å². The lowest BCUT2D eigenvalue weighted by Crippen LogP contribution is -2.41. The molecular weight excluding hydrogens is 408 g/mol. The van der Waals surface area contributed by atoms with Gasteiger partial charge in [-0.1, -0.05) is 0 Å². The van der Waals surface area contributed by atoms with Gasteiger partial charge >= 0.3 is 12.2 Å². The molecule has 160 valence electrons. The first-order chi connectivity index (χ1) is 14.1. The van der Waals surface area contributed by atoms with Gasteiger partial charge in [-0.2, -0.15) is 13.2 Å². The standard InChI is InChI=1S/C19H18F4N4O3/c1-2-24-18(30)27-16(28)10-25-15-8-7-13(9-14(15)19(21,22)23)26-17(29)11-3-5-12(20)6-4-11/h3-9,25H,2,10H2,1H3,(H,26,29)(H2,24,27,28,30). The molecule has 0 aliphatic carbocycles. The molecule has 4 amide bonds. The van der Waals surface area contributed by atoms with Crippen LogP contribution in [0, 0.1) is 5.82 Å². The summed E-state index contributed by atoms with van der Waals surface area (Å²) in [5.41, 5.74) is -1.61. The van der Waals surface area contributed by atoms with Crippen LogP contribution in [0.2, 0.25) is 0 Å². The number of alkyl halides is 3. The van der Waals surface area contributed by atoms with Crippen molar-refractivity contribution in [2.24, 2.45) is 0 Å². The highest BCUT2D eigenvalue weighted by atomic mass is 19.4. The van der Waals surface area contributed by atoms with Gasteiger partial charge in [-0.3, -0.25) is 14.9 Å². The summed E-state index contributed by atoms with van der Waals surface area (Å²) in [5.74, 6) is -2.11. The second-order valence-electron chi connectivity index (χ2n) is 5.98. The maximum Gasteiger partial charge on any atom is 0.418 e. The minimum atomic E-state index is -4.78. The molecule has 4 N–H and O–H groups in total. The van der Waals surface area contributed by atoms with Crippen LogP contribution in [0.5, 0.6) is 0 Å². The van der Waals surface area contributed by atoms with Crippen LogP contribution in [0.1, 0.15) is 22.8 Å². The zero-order valence-electron chi connectivity index (χ0n) is 15.7. The van der Waals surface area contributed by atoms with Gasteiger partial charge in [0.1, 0.15) is 5.82 Å². The fourth-order valence-corrected chi connectivity index (χ4v) is 2.37. The molecule has 0 saturated heterocycles. The Kier molecular flexibility index (Phi) is 7.34. The Morgan fingerprint density at radius 1 is 1.00 bits per heavy atom. The summed E-state index contributed by atoms with van der Waals surface area (Å²) in [7, 11) is 0. The van der Waals surface area contributed by atoms with Crippen LogP contribution in [0.4, 0.5) is 33.7 Å². The van der Waals surface area contributed by atoms with E-state index in [4.69, 9.17) is 0 Å². The van der Waals surface area contributed by atoms with E-state index in [2.05, 4.69) is 16.0 Å². The smallest absolute Gasteiger partial charge is 0.376 e. The third kappa shape index (κ3) is 6.47. The van der Waals surface area contributed by atoms with E-state index in [0.717, 1.165) is 18.2 Å². The largest absolute Gasteiger partial charge is 0.418 e. The Labute approximate surface area is 168 Å². The number of rotatable bonds is 6. The van der Waals surface area contributed by atoms with Crippen molar-refractivity contribution in [3.63, 3.8) is 0 Å². The van der Waals surface area contributed by atoms with Gasteiger partial charge in [-0.05, 0) is 49.4 Å². The van der Waals surface area contributed by atoms with Gasteiger partial charge in [0, 0.05) is 23.5 Å². The third-order valence-corrected chi connectivity index (χ3v) is 3.72. The predicted octanol–water partition coefficient (Wildman–Crippen LogP) is 3.35. The molecule has 0 aromatic heterocycles. The van der Waals surface area contributed by atoms with E-state index in [9.17, 15) is 31.9 Å². The van der Waals surface area contributed by atoms with Gasteiger partial charge in [-0.15, -0.1) is 0 Å². The van der Waals surface area contributed by atoms with Crippen molar-refractivity contribution in [2.45, 2.75) is 13.1 Å². The van der Waals surface area contributed by atoms with E-state index in [1.54, 1.807) is 6.92 Å². The van der Waals surface area contributed by atoms with Crippen LogP contribution in [-0.4, -0.2) is 30.9 Å². The van der Waals surface area contributed by atoms with Crippen molar-refractivity contribution in [1.29, 1.82) is 0 Å². The van der Waals surface area contributed by atoms with Crippen molar-refractivity contribution < 1.29 is 31.9 Å². The topological polar surface area (TPSA) is 99.3 Å². The molecule has 0 unspecified atom stereocenters. The quantitative estimate of drug-likeness (QED) is 0.533. The molecule has 30 heavy (non-hydrogen) atoms. The van der Waals surface area contributed by atoms with Gasteiger partial charge in [-0.25, -0.2) is 9.18 Å². The summed E-state index contributed by atoms with van der Waals surface area (Å²) in [6.45, 7) is 1.33. The number of benzene rings is 2. The lowest BCUT2D eigenvalue weighted by Gasteiger charge is -2.16. The maximum absolute atomic E-state index is 13.4. The lowest BCUT2D eigenvalue weighted by molar-refractivity contribution is -0.137. The summed E-state index contributed by atoms with van der Waals surface area (Å²) < 4.78 is 53.2. The number of imide groups is 1. The van der Waals surface area contributed by atoms with E-state index in [0.29, 0.717) is 6.07 Å². The molecule has 2 aromatic rings. The van der Waals surface area contributed by atoms with Gasteiger partial charge in [0.05, 0.1) is 12.1 Å². The molecule has 2 rings (SSSR count). The Balaban J connectivity index is 2.13. The van der Waals surface area contributed by atoms with Gasteiger partial charge < -0.3 is 16.0 Å². The van der Waals surface area contributed by atoms with Crippen LogP contribution < -0.4 is 21.3 Å². The van der Waals surface area contributed by atoms with Crippen LogP contribution in [-0.2, 0) is 11.0 Å². The highest BCUT2D eigenvalue weighted by molar-refractivity contribution is 6.04. The second-order valence-corrected chi connectivity index (χ2v) is 5.98. The SMILES string of the molecule is CCNC(=O)NC(=O)CNc1ccc(NC(=O)c2ccc(F)cc2)cc1C(F)(F)F. The number of anilines is 2. The van der Waals surface area contributed by atoms with E-state index < -0.39 is 47.6 Å². The zero-order valence-corrected chi connectivity index (χ0v) is 15.7. The molecule has 2 aromatic carbocycles. The monoisotopic (exact) mass is 426 g/mol. The molecule has 11 heteroatoms. The molecule has 7 nitrogen and oxygen atoms in total. The highest BCUT2D eigenvalue weighted by Gasteiger charge is 2.34. The number of carbonyl (C=O) groups excluding carboxylic acids is 3. The fourth-order valence-electron chi connectivity index (χ4n) is 2.37. The number of halogens is 4. The number of hydrogen-bond donors (Lipinski definition) is 4. The Hall–Kier alpha value is -3.63. The molecule has 0 spiro atoms. The molecule has 0 heterocycles. The first-order valence-electron chi connectivity index (χ1n) is 8.70. The second kappa shape index (κ2) is 9.72. The average Bonchev–Trinajstić information content (AvgIpc) is 2.66. The summed E-state index contributed by atoms with van der Waals surface area (Å²) in [4.78, 5) is 35.0. The van der Waals surface area contributed by atoms with Crippen LogP contribution in [0.25, 0.3) is 0 Å². The fraction of sp³-hybridized carbons (Fsp3) is 0.211. The molecule has 0 radical (unpaired) electrons. The summed E-state index contributed by atoms with van der Waals surface area (Å²) in [5, 5.41) is 8.89. The van der Waals surface area contributed by atoms with Crippen molar-refractivity contribution in [3.05, 3.63) is 59.4 Å². The minimum Gasteiger partial charge on any atom is -0.376 e. The van der Waals surface area contributed by atoms with Crippen molar-refractivity contribution >= 4 is 29.2 Å². The van der Waals surface area contributed by atoms with E-state index >= 15 is 0 Å². The molecule has 0 saturated carbocycles. The first kappa shape index (κ1) is 22.7. The summed E-state index contributed by atoms with van der Waals surface area (Å²) in [6.07, 6.45) is -4.78. The molecular formula is C19H18F4N4O3. The maximum atomic E-state index is 13.4. The van der Waals surface area contributed by atoms with Gasteiger partial charge in [0.15, 0.2) is 0 Å². The van der Waals surface area contributed by atoms with Gasteiger partial charge in [0.25, 0.3) is 5.91 Å². The number of carbonyl (C=O) groups is 3. The molecule has 0 bridgehead atoms. The first-order valence-corrected chi connectivity index (χ1v) is 8.70. The lowest BCUT2D eigenvalue weighted by atomic mass is 10.1. The molecule has 0 aliphatic rings. The molecule has 0 fully saturated rings. The van der Waals surface area contributed by atoms with Crippen molar-refractivity contribution in [2.75, 3.05) is 23.7 Å².